The van der Waals surface area contributed by atoms with Gasteiger partial charge < -0.3 is 0 Å². The molecular weight excluding hydrogens is 217 g/mol. The summed E-state index contributed by atoms with van der Waals surface area (Å²) in [4.78, 5) is 6.91. The summed E-state index contributed by atoms with van der Waals surface area (Å²) in [5, 5.41) is -0.586. The van der Waals surface area contributed by atoms with Crippen molar-refractivity contribution in [1.29, 1.82) is 0 Å². The molecule has 1 rings (SSSR count). The summed E-state index contributed by atoms with van der Waals surface area (Å²) in [5.74, 6) is 0.115. The van der Waals surface area contributed by atoms with Crippen LogP contribution in [0.3, 0.4) is 0 Å². The van der Waals surface area contributed by atoms with Crippen LogP contribution in [-0.4, -0.2) is 9.97 Å². The summed E-state index contributed by atoms with van der Waals surface area (Å²) >= 11 is 5.28. The van der Waals surface area contributed by atoms with Gasteiger partial charge in [0.1, 0.15) is 12.0 Å². The molecule has 0 N–H and O–H groups in total. The number of nitrogens with zero attached hydrogens (tertiary/aromatic N) is 2. The Balaban J connectivity index is 3.09. The fourth-order valence-corrected chi connectivity index (χ4v) is 1.08. The van der Waals surface area contributed by atoms with Crippen molar-refractivity contribution < 1.29 is 13.2 Å². The Morgan fingerprint density at radius 1 is 1.43 bits per heavy atom. The molecule has 77 valence electrons. The molecule has 1 heterocycles. The first kappa shape index (κ1) is 11.2. The number of hydrogen-bond acceptors (Lipinski definition) is 2. The van der Waals surface area contributed by atoms with Crippen LogP contribution in [0, 0.1) is 6.20 Å². The van der Waals surface area contributed by atoms with Crippen molar-refractivity contribution in [1.82, 2.24) is 9.97 Å². The zero-order valence-electron chi connectivity index (χ0n) is 7.32. The van der Waals surface area contributed by atoms with Gasteiger partial charge in [0.2, 0.25) is 0 Å². The number of alkyl halides is 3. The molecule has 1 aromatic heterocycles. The van der Waals surface area contributed by atoms with Gasteiger partial charge in [-0.1, -0.05) is 18.5 Å². The maximum absolute atomic E-state index is 12.3. The summed E-state index contributed by atoms with van der Waals surface area (Å²) in [5.41, 5.74) is -1.11. The lowest BCUT2D eigenvalue weighted by molar-refractivity contribution is -0.141. The Hall–Kier alpha value is -0.840. The van der Waals surface area contributed by atoms with Gasteiger partial charge in [0.05, 0.1) is 5.02 Å². The summed E-state index contributed by atoms with van der Waals surface area (Å²) in [6.07, 6.45) is -1.39. The lowest BCUT2D eigenvalue weighted by atomic mass is 10.3. The van der Waals surface area contributed by atoms with E-state index in [2.05, 4.69) is 16.2 Å². The van der Waals surface area contributed by atoms with E-state index in [4.69, 9.17) is 11.6 Å². The molecule has 0 amide bonds. The van der Waals surface area contributed by atoms with Crippen LogP contribution in [0.25, 0.3) is 0 Å². The van der Waals surface area contributed by atoms with Crippen molar-refractivity contribution in [3.05, 3.63) is 22.7 Å². The molecule has 1 aromatic rings. The van der Waals surface area contributed by atoms with Crippen molar-refractivity contribution >= 4 is 11.6 Å². The number of halogens is 4. The van der Waals surface area contributed by atoms with Gasteiger partial charge in [-0.3, -0.25) is 0 Å². The van der Waals surface area contributed by atoms with Crippen LogP contribution in [0.5, 0.6) is 0 Å². The molecular formula is C8H7ClF3N2. The van der Waals surface area contributed by atoms with Gasteiger partial charge in [0, 0.05) is 6.42 Å². The summed E-state index contributed by atoms with van der Waals surface area (Å²) in [7, 11) is 0. The first-order chi connectivity index (χ1) is 6.45. The molecule has 0 spiro atoms. The predicted octanol–water partition coefficient (Wildman–Crippen LogP) is 2.90. The van der Waals surface area contributed by atoms with Gasteiger partial charge in [0.25, 0.3) is 0 Å². The fourth-order valence-electron chi connectivity index (χ4n) is 0.893. The Bertz CT molecular complexity index is 325. The molecule has 0 atom stereocenters. The number of aromatic nitrogens is 2. The van der Waals surface area contributed by atoms with Gasteiger partial charge in [-0.05, 0) is 6.42 Å². The SMILES string of the molecule is CCCc1n[c]c(Cl)c(C(F)(F)F)n1. The Kier molecular flexibility index (Phi) is 3.31. The van der Waals surface area contributed by atoms with Crippen molar-refractivity contribution in [2.75, 3.05) is 0 Å². The summed E-state index contributed by atoms with van der Waals surface area (Å²) in [6, 6.07) is 0. The minimum Gasteiger partial charge on any atom is -0.230 e. The highest BCUT2D eigenvalue weighted by molar-refractivity contribution is 6.31. The Morgan fingerprint density at radius 2 is 2.07 bits per heavy atom. The van der Waals surface area contributed by atoms with Crippen LogP contribution in [0.15, 0.2) is 0 Å². The molecule has 0 saturated carbocycles. The van der Waals surface area contributed by atoms with E-state index in [1.165, 1.54) is 0 Å². The van der Waals surface area contributed by atoms with Gasteiger partial charge >= 0.3 is 6.18 Å². The molecule has 0 aromatic carbocycles. The molecule has 14 heavy (non-hydrogen) atoms. The molecule has 0 aliphatic carbocycles. The van der Waals surface area contributed by atoms with Crippen molar-refractivity contribution in [3.63, 3.8) is 0 Å². The summed E-state index contributed by atoms with van der Waals surface area (Å²) in [6.45, 7) is 1.82. The lowest BCUT2D eigenvalue weighted by Crippen LogP contribution is -2.11. The van der Waals surface area contributed by atoms with Gasteiger partial charge in [-0.15, -0.1) is 0 Å². The molecule has 6 heteroatoms. The van der Waals surface area contributed by atoms with E-state index in [0.717, 1.165) is 0 Å². The largest absolute Gasteiger partial charge is 0.434 e. The van der Waals surface area contributed by atoms with E-state index in [1.54, 1.807) is 0 Å². The van der Waals surface area contributed by atoms with Crippen LogP contribution in [0.1, 0.15) is 24.9 Å². The van der Waals surface area contributed by atoms with Crippen molar-refractivity contribution in [2.24, 2.45) is 0 Å². The molecule has 2 nitrogen and oxygen atoms in total. The third-order valence-corrected chi connectivity index (χ3v) is 1.74. The van der Waals surface area contributed by atoms with Crippen molar-refractivity contribution in [3.8, 4) is 0 Å². The smallest absolute Gasteiger partial charge is 0.230 e. The van der Waals surface area contributed by atoms with Crippen LogP contribution in [0.4, 0.5) is 13.2 Å². The average molecular weight is 224 g/mol. The Morgan fingerprint density at radius 3 is 2.57 bits per heavy atom. The second kappa shape index (κ2) is 4.13. The van der Waals surface area contributed by atoms with Gasteiger partial charge in [0.15, 0.2) is 5.69 Å². The third kappa shape index (κ3) is 2.57. The lowest BCUT2D eigenvalue weighted by Gasteiger charge is -2.07. The fraction of sp³-hybridized carbons (Fsp3) is 0.500. The van der Waals surface area contributed by atoms with E-state index in [1.807, 2.05) is 6.92 Å². The van der Waals surface area contributed by atoms with E-state index in [-0.39, 0.29) is 5.82 Å². The first-order valence-electron chi connectivity index (χ1n) is 3.96. The maximum atomic E-state index is 12.3. The second-order valence-electron chi connectivity index (χ2n) is 2.66. The molecule has 0 fully saturated rings. The molecule has 0 bridgehead atoms. The van der Waals surface area contributed by atoms with E-state index < -0.39 is 16.9 Å². The van der Waals surface area contributed by atoms with Crippen molar-refractivity contribution in [2.45, 2.75) is 25.9 Å². The molecule has 1 radical (unpaired) electrons. The van der Waals surface area contributed by atoms with E-state index in [9.17, 15) is 13.2 Å². The standard InChI is InChI=1S/C8H7ClF3N2/c1-2-3-6-13-4-5(9)7(14-6)8(10,11)12/h2-3H2,1H3. The number of rotatable bonds is 2. The maximum Gasteiger partial charge on any atom is 0.434 e. The summed E-state index contributed by atoms with van der Waals surface area (Å²) < 4.78 is 36.8. The third-order valence-electron chi connectivity index (χ3n) is 1.47. The average Bonchev–Trinajstić information content (AvgIpc) is 2.07. The topological polar surface area (TPSA) is 25.8 Å². The predicted molar refractivity (Wildman–Crippen MR) is 44.9 cm³/mol. The van der Waals surface area contributed by atoms with Gasteiger partial charge in [-0.2, -0.15) is 13.2 Å². The quantitative estimate of drug-likeness (QED) is 0.771. The molecule has 0 saturated heterocycles. The van der Waals surface area contributed by atoms with Crippen LogP contribution in [0.2, 0.25) is 5.02 Å². The molecule has 0 aliphatic heterocycles. The highest BCUT2D eigenvalue weighted by Crippen LogP contribution is 2.32. The zero-order valence-corrected chi connectivity index (χ0v) is 8.08. The Labute approximate surface area is 84.1 Å². The zero-order chi connectivity index (χ0) is 10.8. The highest BCUT2D eigenvalue weighted by Gasteiger charge is 2.35. The van der Waals surface area contributed by atoms with E-state index >= 15 is 0 Å². The normalized spacial score (nSPS) is 11.8. The monoisotopic (exact) mass is 223 g/mol. The highest BCUT2D eigenvalue weighted by atomic mass is 35.5. The second-order valence-corrected chi connectivity index (χ2v) is 3.04. The molecule has 0 unspecified atom stereocenters. The van der Waals surface area contributed by atoms with Crippen LogP contribution < -0.4 is 0 Å². The van der Waals surface area contributed by atoms with Crippen LogP contribution in [-0.2, 0) is 12.6 Å². The van der Waals surface area contributed by atoms with E-state index in [0.29, 0.717) is 12.8 Å². The minimum atomic E-state index is -4.54. The minimum absolute atomic E-state index is 0.115. The number of hydrogen-bond donors (Lipinski definition) is 0. The molecule has 0 aliphatic rings. The van der Waals surface area contributed by atoms with Crippen LogP contribution >= 0.6 is 11.6 Å². The number of aryl methyl sites for hydroxylation is 1. The van der Waals surface area contributed by atoms with Gasteiger partial charge in [-0.25, -0.2) is 9.97 Å². The first-order valence-corrected chi connectivity index (χ1v) is 4.34.